The van der Waals surface area contributed by atoms with Crippen molar-refractivity contribution in [2.24, 2.45) is 10.9 Å². The van der Waals surface area contributed by atoms with Crippen LogP contribution in [0, 0.1) is 5.92 Å². The smallest absolute Gasteiger partial charge is 0.191 e. The Kier molecular flexibility index (Phi) is 6.29. The lowest BCUT2D eigenvalue weighted by atomic mass is 9.96. The molecule has 1 saturated carbocycles. The average Bonchev–Trinajstić information content (AvgIpc) is 2.82. The highest BCUT2D eigenvalue weighted by atomic mass is 32.2. The van der Waals surface area contributed by atoms with Crippen molar-refractivity contribution in [1.82, 2.24) is 10.6 Å². The molecular formula is C16H29N3O2S. The lowest BCUT2D eigenvalue weighted by molar-refractivity contribution is 0.408. The number of nitrogens with one attached hydrogen (secondary N) is 2. The normalized spacial score (nSPS) is 25.9. The van der Waals surface area contributed by atoms with E-state index in [-0.39, 0.29) is 5.92 Å². The second-order valence-corrected chi connectivity index (χ2v) is 8.98. The van der Waals surface area contributed by atoms with E-state index in [0.29, 0.717) is 30.6 Å². The van der Waals surface area contributed by atoms with Crippen LogP contribution in [0.25, 0.3) is 0 Å². The SMILES string of the molecule is C=C(C)CN=C(NCC1CCS(=O)(=O)C1)NC1CCCCC1. The van der Waals surface area contributed by atoms with Gasteiger partial charge < -0.3 is 10.6 Å². The molecule has 1 heterocycles. The summed E-state index contributed by atoms with van der Waals surface area (Å²) in [6.45, 7) is 7.13. The summed E-state index contributed by atoms with van der Waals surface area (Å²) in [5.74, 6) is 1.64. The van der Waals surface area contributed by atoms with E-state index < -0.39 is 9.84 Å². The molecule has 0 aromatic rings. The van der Waals surface area contributed by atoms with Gasteiger partial charge in [-0.15, -0.1) is 0 Å². The maximum atomic E-state index is 11.5. The van der Waals surface area contributed by atoms with Gasteiger partial charge in [-0.3, -0.25) is 0 Å². The minimum Gasteiger partial charge on any atom is -0.356 e. The quantitative estimate of drug-likeness (QED) is 0.459. The monoisotopic (exact) mass is 327 g/mol. The summed E-state index contributed by atoms with van der Waals surface area (Å²) in [6, 6.07) is 0.484. The van der Waals surface area contributed by atoms with Crippen molar-refractivity contribution in [1.29, 1.82) is 0 Å². The zero-order chi connectivity index (χ0) is 16.0. The van der Waals surface area contributed by atoms with E-state index in [0.717, 1.165) is 18.0 Å². The molecule has 2 fully saturated rings. The molecule has 1 aliphatic carbocycles. The molecule has 0 amide bonds. The summed E-state index contributed by atoms with van der Waals surface area (Å²) in [4.78, 5) is 4.56. The van der Waals surface area contributed by atoms with Gasteiger partial charge >= 0.3 is 0 Å². The number of hydrogen-bond donors (Lipinski definition) is 2. The van der Waals surface area contributed by atoms with Crippen LogP contribution in [-0.4, -0.2) is 45.0 Å². The van der Waals surface area contributed by atoms with Crippen molar-refractivity contribution in [2.45, 2.75) is 51.5 Å². The van der Waals surface area contributed by atoms with Crippen molar-refractivity contribution in [3.63, 3.8) is 0 Å². The summed E-state index contributed by atoms with van der Waals surface area (Å²) in [5.41, 5.74) is 1.02. The van der Waals surface area contributed by atoms with Gasteiger partial charge in [0.25, 0.3) is 0 Å². The largest absolute Gasteiger partial charge is 0.356 e. The number of hydrogen-bond acceptors (Lipinski definition) is 3. The van der Waals surface area contributed by atoms with Crippen LogP contribution in [-0.2, 0) is 9.84 Å². The topological polar surface area (TPSA) is 70.6 Å². The molecular weight excluding hydrogens is 298 g/mol. The Hall–Kier alpha value is -1.04. The number of aliphatic imine (C=N–C) groups is 1. The minimum atomic E-state index is -2.81. The van der Waals surface area contributed by atoms with Crippen molar-refractivity contribution >= 4 is 15.8 Å². The number of nitrogens with zero attached hydrogens (tertiary/aromatic N) is 1. The predicted molar refractivity (Wildman–Crippen MR) is 91.9 cm³/mol. The molecule has 0 spiro atoms. The highest BCUT2D eigenvalue weighted by Crippen LogP contribution is 2.18. The van der Waals surface area contributed by atoms with Crippen molar-refractivity contribution in [2.75, 3.05) is 24.6 Å². The molecule has 22 heavy (non-hydrogen) atoms. The maximum Gasteiger partial charge on any atom is 0.191 e. The first-order valence-electron chi connectivity index (χ1n) is 8.34. The molecule has 0 aromatic heterocycles. The summed E-state index contributed by atoms with van der Waals surface area (Å²) in [7, 11) is -2.81. The molecule has 5 nitrogen and oxygen atoms in total. The molecule has 126 valence electrons. The van der Waals surface area contributed by atoms with Gasteiger partial charge in [0.1, 0.15) is 0 Å². The van der Waals surface area contributed by atoms with Crippen molar-refractivity contribution in [3.8, 4) is 0 Å². The van der Waals surface area contributed by atoms with E-state index in [1.807, 2.05) is 6.92 Å². The van der Waals surface area contributed by atoms with Crippen LogP contribution in [0.2, 0.25) is 0 Å². The lowest BCUT2D eigenvalue weighted by Crippen LogP contribution is -2.45. The van der Waals surface area contributed by atoms with E-state index in [1.165, 1.54) is 32.1 Å². The summed E-state index contributed by atoms with van der Waals surface area (Å²) >= 11 is 0. The molecule has 1 unspecified atom stereocenters. The summed E-state index contributed by atoms with van der Waals surface area (Å²) in [5, 5.41) is 6.84. The van der Waals surface area contributed by atoms with Gasteiger partial charge in [-0.05, 0) is 32.1 Å². The van der Waals surface area contributed by atoms with E-state index in [1.54, 1.807) is 0 Å². The molecule has 1 saturated heterocycles. The Morgan fingerprint density at radius 3 is 2.55 bits per heavy atom. The lowest BCUT2D eigenvalue weighted by Gasteiger charge is -2.25. The fourth-order valence-corrected chi connectivity index (χ4v) is 4.94. The number of guanidine groups is 1. The fourth-order valence-electron chi connectivity index (χ4n) is 3.08. The van der Waals surface area contributed by atoms with E-state index in [2.05, 4.69) is 22.2 Å². The van der Waals surface area contributed by atoms with Gasteiger partial charge in [-0.25, -0.2) is 13.4 Å². The zero-order valence-electron chi connectivity index (χ0n) is 13.6. The van der Waals surface area contributed by atoms with Crippen molar-refractivity contribution < 1.29 is 8.42 Å². The average molecular weight is 327 g/mol. The standard InChI is InChI=1S/C16H29N3O2S/c1-13(2)10-17-16(19-15-6-4-3-5-7-15)18-11-14-8-9-22(20,21)12-14/h14-15H,1,3-12H2,2H3,(H2,17,18,19). The van der Waals surface area contributed by atoms with Crippen LogP contribution in [0.4, 0.5) is 0 Å². The molecule has 0 bridgehead atoms. The Morgan fingerprint density at radius 2 is 1.95 bits per heavy atom. The Labute approximate surface area is 134 Å². The van der Waals surface area contributed by atoms with Gasteiger partial charge in [0.2, 0.25) is 0 Å². The summed E-state index contributed by atoms with van der Waals surface area (Å²) in [6.07, 6.45) is 6.99. The fraction of sp³-hybridized carbons (Fsp3) is 0.812. The van der Waals surface area contributed by atoms with Gasteiger partial charge in [0, 0.05) is 12.6 Å². The highest BCUT2D eigenvalue weighted by molar-refractivity contribution is 7.91. The predicted octanol–water partition coefficient (Wildman–Crippen LogP) is 1.87. The molecule has 6 heteroatoms. The van der Waals surface area contributed by atoms with Crippen molar-refractivity contribution in [3.05, 3.63) is 12.2 Å². The van der Waals surface area contributed by atoms with Crippen LogP contribution in [0.1, 0.15) is 45.4 Å². The Balaban J connectivity index is 1.86. The minimum absolute atomic E-state index is 0.202. The molecule has 2 N–H and O–H groups in total. The molecule has 1 atom stereocenters. The third-order valence-electron chi connectivity index (χ3n) is 4.34. The molecule has 0 radical (unpaired) electrons. The van der Waals surface area contributed by atoms with Crippen LogP contribution in [0.15, 0.2) is 17.1 Å². The van der Waals surface area contributed by atoms with Gasteiger partial charge in [0.15, 0.2) is 15.8 Å². The molecule has 0 aromatic carbocycles. The van der Waals surface area contributed by atoms with E-state index >= 15 is 0 Å². The second-order valence-electron chi connectivity index (χ2n) is 6.75. The van der Waals surface area contributed by atoms with Crippen LogP contribution >= 0.6 is 0 Å². The Morgan fingerprint density at radius 1 is 1.23 bits per heavy atom. The van der Waals surface area contributed by atoms with Crippen LogP contribution in [0.3, 0.4) is 0 Å². The number of sulfone groups is 1. The first-order chi connectivity index (χ1) is 10.4. The summed E-state index contributed by atoms with van der Waals surface area (Å²) < 4.78 is 23.1. The van der Waals surface area contributed by atoms with Crippen LogP contribution in [0.5, 0.6) is 0 Å². The second kappa shape index (κ2) is 7.99. The zero-order valence-corrected chi connectivity index (χ0v) is 14.4. The number of rotatable bonds is 5. The van der Waals surface area contributed by atoms with E-state index in [4.69, 9.17) is 0 Å². The molecule has 2 aliphatic rings. The third kappa shape index (κ3) is 5.99. The van der Waals surface area contributed by atoms with Gasteiger partial charge in [-0.1, -0.05) is 31.4 Å². The Bertz CT molecular complexity index is 507. The molecule has 1 aliphatic heterocycles. The van der Waals surface area contributed by atoms with Crippen LogP contribution < -0.4 is 10.6 Å². The first kappa shape index (κ1) is 17.3. The highest BCUT2D eigenvalue weighted by Gasteiger charge is 2.27. The van der Waals surface area contributed by atoms with Gasteiger partial charge in [0.05, 0.1) is 18.1 Å². The maximum absolute atomic E-state index is 11.5. The first-order valence-corrected chi connectivity index (χ1v) is 10.2. The molecule has 2 rings (SSSR count). The third-order valence-corrected chi connectivity index (χ3v) is 6.18. The van der Waals surface area contributed by atoms with E-state index in [9.17, 15) is 8.42 Å². The van der Waals surface area contributed by atoms with Gasteiger partial charge in [-0.2, -0.15) is 0 Å².